The largest absolute Gasteiger partial charge is 0.351 e. The van der Waals surface area contributed by atoms with Crippen molar-refractivity contribution in [3.05, 3.63) is 33.2 Å². The van der Waals surface area contributed by atoms with Gasteiger partial charge in [-0.25, -0.2) is 4.79 Å². The molecule has 0 aromatic carbocycles. The van der Waals surface area contributed by atoms with E-state index < -0.39 is 23.4 Å². The number of likely N-dealkylation sites (N-methyl/N-ethyl adjacent to an activating group) is 1. The molecule has 0 atom stereocenters. The Kier molecular flexibility index (Phi) is 7.97. The normalized spacial score (nSPS) is 17.4. The van der Waals surface area contributed by atoms with Gasteiger partial charge in [0.1, 0.15) is 11.1 Å². The quantitative estimate of drug-likeness (QED) is 0.705. The number of nitrogens with zero attached hydrogens (tertiary/aromatic N) is 2. The number of imide groups is 1. The molecule has 0 radical (unpaired) electrons. The second kappa shape index (κ2) is 10.5. The summed E-state index contributed by atoms with van der Waals surface area (Å²) in [5.74, 6) is -0.790. The fourth-order valence-corrected chi connectivity index (χ4v) is 5.14. The van der Waals surface area contributed by atoms with E-state index in [4.69, 9.17) is 5.73 Å². The van der Waals surface area contributed by atoms with Crippen molar-refractivity contribution in [3.63, 3.8) is 0 Å². The third kappa shape index (κ3) is 5.84. The molecule has 0 spiro atoms. The van der Waals surface area contributed by atoms with Gasteiger partial charge < -0.3 is 15.6 Å². The molecule has 8 nitrogen and oxygen atoms in total. The summed E-state index contributed by atoms with van der Waals surface area (Å²) in [6, 6.07) is 0.826. The molecule has 0 bridgehead atoms. The summed E-state index contributed by atoms with van der Waals surface area (Å²) in [6.07, 6.45) is 11.9. The number of aryl methyl sites for hydroxylation is 1. The minimum atomic E-state index is -1.40. The van der Waals surface area contributed by atoms with Crippen LogP contribution in [0.5, 0.6) is 0 Å². The molecule has 8 heteroatoms. The van der Waals surface area contributed by atoms with Crippen LogP contribution in [0.25, 0.3) is 0 Å². The number of pyridine rings is 1. The number of carbonyl (C=O) groups is 3. The predicted molar refractivity (Wildman–Crippen MR) is 127 cm³/mol. The van der Waals surface area contributed by atoms with E-state index in [1.54, 1.807) is 6.07 Å². The van der Waals surface area contributed by atoms with Gasteiger partial charge in [-0.2, -0.15) is 0 Å². The molecule has 1 aromatic heterocycles. The van der Waals surface area contributed by atoms with Crippen LogP contribution in [0, 0.1) is 5.92 Å². The molecule has 1 heterocycles. The van der Waals surface area contributed by atoms with Crippen molar-refractivity contribution in [2.75, 3.05) is 7.05 Å². The molecular weight excluding hydrogens is 420 g/mol. The van der Waals surface area contributed by atoms with Gasteiger partial charge in [-0.15, -0.1) is 0 Å². The Morgan fingerprint density at radius 2 is 1.67 bits per heavy atom. The molecule has 0 saturated heterocycles. The number of urea groups is 1. The maximum absolute atomic E-state index is 13.6. The summed E-state index contributed by atoms with van der Waals surface area (Å²) in [7, 11) is 1.26. The number of carbonyl (C=O) groups excluding carboxylic acids is 3. The maximum Gasteiger partial charge on any atom is 0.321 e. The van der Waals surface area contributed by atoms with E-state index >= 15 is 0 Å². The maximum atomic E-state index is 13.6. The van der Waals surface area contributed by atoms with Crippen LogP contribution in [0.1, 0.15) is 93.3 Å². The zero-order chi connectivity index (χ0) is 24.2. The smallest absolute Gasteiger partial charge is 0.321 e. The molecule has 1 saturated carbocycles. The average molecular weight is 459 g/mol. The lowest BCUT2D eigenvalue weighted by Crippen LogP contribution is -2.57. The lowest BCUT2D eigenvalue weighted by molar-refractivity contribution is -0.132. The number of amides is 4. The second-order valence-corrected chi connectivity index (χ2v) is 10.1. The van der Waals surface area contributed by atoms with Crippen LogP contribution < -0.4 is 16.6 Å². The lowest BCUT2D eigenvalue weighted by atomic mass is 9.88. The van der Waals surface area contributed by atoms with Crippen molar-refractivity contribution in [2.24, 2.45) is 11.7 Å². The SMILES string of the molecule is CN(C(N)=O)C(=O)C(C)(C)NC(=O)c1cc2c(n(CC3CCCCC3)c1=O)CCCCCC2. The number of nitrogens with two attached hydrogens (primary N) is 1. The molecule has 1 fully saturated rings. The highest BCUT2D eigenvalue weighted by Gasteiger charge is 2.35. The average Bonchev–Trinajstić information content (AvgIpc) is 2.75. The molecule has 3 rings (SSSR count). The predicted octanol–water partition coefficient (Wildman–Crippen LogP) is 3.13. The molecular formula is C25H38N4O4. The van der Waals surface area contributed by atoms with Crippen LogP contribution in [0.15, 0.2) is 10.9 Å². The minimum absolute atomic E-state index is 0.0627. The summed E-state index contributed by atoms with van der Waals surface area (Å²) < 4.78 is 1.86. The van der Waals surface area contributed by atoms with Gasteiger partial charge in [-0.1, -0.05) is 32.1 Å². The van der Waals surface area contributed by atoms with Crippen molar-refractivity contribution in [3.8, 4) is 0 Å². The van der Waals surface area contributed by atoms with E-state index in [1.807, 2.05) is 4.57 Å². The highest BCUT2D eigenvalue weighted by molar-refractivity contribution is 6.02. The topological polar surface area (TPSA) is 114 Å². The van der Waals surface area contributed by atoms with Crippen molar-refractivity contribution < 1.29 is 14.4 Å². The van der Waals surface area contributed by atoms with Gasteiger partial charge in [0, 0.05) is 19.3 Å². The van der Waals surface area contributed by atoms with E-state index in [9.17, 15) is 19.2 Å². The van der Waals surface area contributed by atoms with Crippen LogP contribution in [0.2, 0.25) is 0 Å². The Morgan fingerprint density at radius 1 is 1.06 bits per heavy atom. The minimum Gasteiger partial charge on any atom is -0.351 e. The fourth-order valence-electron chi connectivity index (χ4n) is 5.14. The molecule has 0 aliphatic heterocycles. The standard InChI is InChI=1S/C25H38N4O4/c1-25(2,23(32)28(3)24(26)33)27-21(30)19-15-18-13-9-4-5-10-14-20(18)29(22(19)31)16-17-11-7-6-8-12-17/h15,17H,4-14,16H2,1-3H3,(H2,26,33)(H,27,30). The molecule has 0 unspecified atom stereocenters. The Hall–Kier alpha value is -2.64. The Balaban J connectivity index is 1.96. The Bertz CT molecular complexity index is 960. The van der Waals surface area contributed by atoms with Crippen LogP contribution in [0.4, 0.5) is 4.79 Å². The number of aromatic nitrogens is 1. The number of hydrogen-bond acceptors (Lipinski definition) is 4. The number of primary amides is 1. The van der Waals surface area contributed by atoms with Crippen molar-refractivity contribution in [1.82, 2.24) is 14.8 Å². The summed E-state index contributed by atoms with van der Waals surface area (Å²) in [4.78, 5) is 51.6. The van der Waals surface area contributed by atoms with Gasteiger partial charge in [0.15, 0.2) is 0 Å². The van der Waals surface area contributed by atoms with Crippen LogP contribution in [0.3, 0.4) is 0 Å². The van der Waals surface area contributed by atoms with E-state index in [1.165, 1.54) is 40.2 Å². The summed E-state index contributed by atoms with van der Waals surface area (Å²) in [5.41, 5.74) is 5.73. The van der Waals surface area contributed by atoms with E-state index in [0.717, 1.165) is 67.5 Å². The highest BCUT2D eigenvalue weighted by Crippen LogP contribution is 2.27. The number of hydrogen-bond donors (Lipinski definition) is 2. The fraction of sp³-hybridized carbons (Fsp3) is 0.680. The lowest BCUT2D eigenvalue weighted by Gasteiger charge is -2.29. The summed E-state index contributed by atoms with van der Waals surface area (Å²) in [6.45, 7) is 3.65. The van der Waals surface area contributed by atoms with Crippen molar-refractivity contribution >= 4 is 17.8 Å². The molecule has 2 aliphatic carbocycles. The third-order valence-electron chi connectivity index (χ3n) is 7.11. The molecule has 4 amide bonds. The first-order valence-corrected chi connectivity index (χ1v) is 12.3. The molecule has 3 N–H and O–H groups in total. The van der Waals surface area contributed by atoms with Gasteiger partial charge in [-0.05, 0) is 69.9 Å². The molecule has 33 heavy (non-hydrogen) atoms. The second-order valence-electron chi connectivity index (χ2n) is 10.1. The number of nitrogens with one attached hydrogen (secondary N) is 1. The van der Waals surface area contributed by atoms with Gasteiger partial charge in [0.05, 0.1) is 0 Å². The van der Waals surface area contributed by atoms with Gasteiger partial charge in [0.2, 0.25) is 0 Å². The van der Waals surface area contributed by atoms with Gasteiger partial charge in [0.25, 0.3) is 17.4 Å². The van der Waals surface area contributed by atoms with E-state index in [-0.39, 0.29) is 11.1 Å². The van der Waals surface area contributed by atoms with Gasteiger partial charge in [-0.3, -0.25) is 19.3 Å². The van der Waals surface area contributed by atoms with Crippen LogP contribution >= 0.6 is 0 Å². The van der Waals surface area contributed by atoms with E-state index in [2.05, 4.69) is 5.32 Å². The Labute approximate surface area is 195 Å². The number of rotatable bonds is 5. The monoisotopic (exact) mass is 458 g/mol. The Morgan fingerprint density at radius 3 is 2.30 bits per heavy atom. The molecule has 2 aliphatic rings. The van der Waals surface area contributed by atoms with Crippen LogP contribution in [-0.2, 0) is 24.2 Å². The van der Waals surface area contributed by atoms with Gasteiger partial charge >= 0.3 is 6.03 Å². The zero-order valence-corrected chi connectivity index (χ0v) is 20.2. The molecule has 182 valence electrons. The summed E-state index contributed by atoms with van der Waals surface area (Å²) in [5, 5.41) is 2.66. The highest BCUT2D eigenvalue weighted by atomic mass is 16.2. The molecule has 1 aromatic rings. The third-order valence-corrected chi connectivity index (χ3v) is 7.11. The van der Waals surface area contributed by atoms with Crippen molar-refractivity contribution in [1.29, 1.82) is 0 Å². The number of fused-ring (bicyclic) bond motifs is 1. The first-order chi connectivity index (χ1) is 15.6. The van der Waals surface area contributed by atoms with Crippen LogP contribution in [-0.4, -0.2) is 39.9 Å². The van der Waals surface area contributed by atoms with Crippen molar-refractivity contribution in [2.45, 2.75) is 96.6 Å². The zero-order valence-electron chi connectivity index (χ0n) is 20.2. The first kappa shape index (κ1) is 25.0. The van der Waals surface area contributed by atoms with E-state index in [0.29, 0.717) is 12.5 Å². The first-order valence-electron chi connectivity index (χ1n) is 12.3. The summed E-state index contributed by atoms with van der Waals surface area (Å²) >= 11 is 0.